The van der Waals surface area contributed by atoms with Crippen LogP contribution in [0.2, 0.25) is 0 Å². The number of hydrogen-bond donors (Lipinski definition) is 1. The minimum Gasteiger partial charge on any atom is -0.341 e. The molecule has 0 aromatic rings. The predicted octanol–water partition coefficient (Wildman–Crippen LogP) is 2.54. The van der Waals surface area contributed by atoms with Gasteiger partial charge in [-0.25, -0.2) is 0 Å². The lowest BCUT2D eigenvalue weighted by molar-refractivity contribution is -0.137. The third-order valence-electron chi connectivity index (χ3n) is 4.70. The first-order chi connectivity index (χ1) is 8.70. The molecule has 0 radical (unpaired) electrons. The molecule has 1 saturated carbocycles. The first-order valence-corrected chi connectivity index (χ1v) is 7.75. The highest BCUT2D eigenvalue weighted by Crippen LogP contribution is 2.32. The number of amides is 1. The van der Waals surface area contributed by atoms with Crippen molar-refractivity contribution in [3.63, 3.8) is 0 Å². The Labute approximate surface area is 111 Å². The van der Waals surface area contributed by atoms with Crippen molar-refractivity contribution in [2.24, 2.45) is 17.6 Å². The molecule has 0 bridgehead atoms. The van der Waals surface area contributed by atoms with E-state index in [2.05, 4.69) is 6.92 Å². The van der Waals surface area contributed by atoms with Crippen molar-refractivity contribution < 1.29 is 4.79 Å². The van der Waals surface area contributed by atoms with Crippen molar-refractivity contribution in [2.75, 3.05) is 13.1 Å². The molecule has 2 N–H and O–H groups in total. The molecular weight excluding hydrogens is 224 g/mol. The topological polar surface area (TPSA) is 46.3 Å². The average molecular weight is 252 g/mol. The molecule has 1 aliphatic carbocycles. The third kappa shape index (κ3) is 3.47. The first-order valence-electron chi connectivity index (χ1n) is 7.75. The Hall–Kier alpha value is -0.570. The summed E-state index contributed by atoms with van der Waals surface area (Å²) in [6.45, 7) is 3.86. The molecule has 0 aromatic carbocycles. The van der Waals surface area contributed by atoms with Crippen molar-refractivity contribution in [2.45, 2.75) is 64.3 Å². The van der Waals surface area contributed by atoms with Gasteiger partial charge in [-0.2, -0.15) is 0 Å². The van der Waals surface area contributed by atoms with Crippen LogP contribution in [-0.4, -0.2) is 29.9 Å². The zero-order valence-corrected chi connectivity index (χ0v) is 11.7. The fraction of sp³-hybridized carbons (Fsp3) is 0.933. The van der Waals surface area contributed by atoms with E-state index in [1.807, 2.05) is 4.90 Å². The van der Waals surface area contributed by atoms with E-state index in [4.69, 9.17) is 5.73 Å². The molecule has 1 heterocycles. The number of piperidine rings is 1. The van der Waals surface area contributed by atoms with Crippen LogP contribution in [0.4, 0.5) is 0 Å². The van der Waals surface area contributed by atoms with Crippen LogP contribution in [0.5, 0.6) is 0 Å². The molecule has 0 spiro atoms. The lowest BCUT2D eigenvalue weighted by Gasteiger charge is -2.34. The maximum absolute atomic E-state index is 12.5. The molecule has 2 atom stereocenters. The minimum absolute atomic E-state index is 0.201. The van der Waals surface area contributed by atoms with Gasteiger partial charge in [0.1, 0.15) is 0 Å². The minimum atomic E-state index is 0.201. The van der Waals surface area contributed by atoms with Gasteiger partial charge in [0.25, 0.3) is 0 Å². The number of carbonyl (C=O) groups is 1. The van der Waals surface area contributed by atoms with E-state index in [-0.39, 0.29) is 12.0 Å². The molecule has 1 amide bonds. The van der Waals surface area contributed by atoms with Crippen LogP contribution in [0.25, 0.3) is 0 Å². The van der Waals surface area contributed by atoms with Gasteiger partial charge in [-0.15, -0.1) is 0 Å². The highest BCUT2D eigenvalue weighted by Gasteiger charge is 2.29. The van der Waals surface area contributed by atoms with E-state index in [9.17, 15) is 4.79 Å². The van der Waals surface area contributed by atoms with Gasteiger partial charge >= 0.3 is 0 Å². The second-order valence-electron chi connectivity index (χ2n) is 6.18. The average Bonchev–Trinajstić information content (AvgIpc) is 2.88. The Bertz CT molecular complexity index is 274. The molecule has 2 fully saturated rings. The molecule has 3 nitrogen and oxygen atoms in total. The number of nitrogens with two attached hydrogens (primary N) is 1. The Morgan fingerprint density at radius 1 is 1.28 bits per heavy atom. The monoisotopic (exact) mass is 252 g/mol. The molecule has 1 aliphatic heterocycles. The smallest absolute Gasteiger partial charge is 0.225 e. The molecule has 2 rings (SSSR count). The third-order valence-corrected chi connectivity index (χ3v) is 4.70. The summed E-state index contributed by atoms with van der Waals surface area (Å²) in [6, 6.07) is 0.201. The highest BCUT2D eigenvalue weighted by atomic mass is 16.2. The van der Waals surface area contributed by atoms with E-state index < -0.39 is 0 Å². The fourth-order valence-electron chi connectivity index (χ4n) is 3.56. The Balaban J connectivity index is 1.87. The lowest BCUT2D eigenvalue weighted by atomic mass is 9.89. The van der Waals surface area contributed by atoms with Crippen LogP contribution in [0.15, 0.2) is 0 Å². The van der Waals surface area contributed by atoms with E-state index in [1.54, 1.807) is 0 Å². The molecular formula is C15H28N2O. The Kier molecular flexibility index (Phi) is 5.04. The molecule has 2 aliphatic rings. The summed E-state index contributed by atoms with van der Waals surface area (Å²) in [5, 5.41) is 0. The van der Waals surface area contributed by atoms with Crippen LogP contribution in [-0.2, 0) is 4.79 Å². The summed E-state index contributed by atoms with van der Waals surface area (Å²) in [7, 11) is 0. The van der Waals surface area contributed by atoms with Crippen LogP contribution in [0, 0.1) is 11.8 Å². The lowest BCUT2D eigenvalue weighted by Crippen LogP contribution is -2.47. The molecule has 0 aromatic heterocycles. The first kappa shape index (κ1) is 13.9. The largest absolute Gasteiger partial charge is 0.341 e. The second kappa shape index (κ2) is 6.55. The summed E-state index contributed by atoms with van der Waals surface area (Å²) in [5.41, 5.74) is 5.97. The second-order valence-corrected chi connectivity index (χ2v) is 6.18. The van der Waals surface area contributed by atoms with Crippen molar-refractivity contribution >= 4 is 5.91 Å². The fourth-order valence-corrected chi connectivity index (χ4v) is 3.56. The molecule has 3 heteroatoms. The van der Waals surface area contributed by atoms with Crippen LogP contribution in [0.3, 0.4) is 0 Å². The maximum atomic E-state index is 12.5. The van der Waals surface area contributed by atoms with Gasteiger partial charge in [0, 0.05) is 25.0 Å². The zero-order valence-electron chi connectivity index (χ0n) is 11.7. The number of rotatable bonds is 4. The maximum Gasteiger partial charge on any atom is 0.225 e. The van der Waals surface area contributed by atoms with E-state index in [1.165, 1.54) is 25.7 Å². The number of hydrogen-bond acceptors (Lipinski definition) is 2. The van der Waals surface area contributed by atoms with Crippen LogP contribution < -0.4 is 5.73 Å². The van der Waals surface area contributed by atoms with Gasteiger partial charge in [-0.1, -0.05) is 32.6 Å². The normalized spacial score (nSPS) is 27.4. The van der Waals surface area contributed by atoms with Gasteiger partial charge in [0.2, 0.25) is 5.91 Å². The standard InChI is InChI=1S/C15H28N2O/c1-2-13(10-12-6-3-4-7-12)15(18)17-9-5-8-14(16)11-17/h12-14H,2-11,16H2,1H3. The van der Waals surface area contributed by atoms with Crippen LogP contribution in [0.1, 0.15) is 58.3 Å². The summed E-state index contributed by atoms with van der Waals surface area (Å²) >= 11 is 0. The number of carbonyl (C=O) groups excluding carboxylic acids is 1. The molecule has 1 saturated heterocycles. The van der Waals surface area contributed by atoms with E-state index in [0.717, 1.165) is 44.7 Å². The predicted molar refractivity (Wildman–Crippen MR) is 74.1 cm³/mol. The Morgan fingerprint density at radius 2 is 2.00 bits per heavy atom. The Morgan fingerprint density at radius 3 is 2.61 bits per heavy atom. The zero-order chi connectivity index (χ0) is 13.0. The van der Waals surface area contributed by atoms with Crippen molar-refractivity contribution in [1.29, 1.82) is 0 Å². The quantitative estimate of drug-likeness (QED) is 0.835. The van der Waals surface area contributed by atoms with Gasteiger partial charge < -0.3 is 10.6 Å². The van der Waals surface area contributed by atoms with Crippen molar-refractivity contribution in [1.82, 2.24) is 4.90 Å². The SMILES string of the molecule is CCC(CC1CCCC1)C(=O)N1CCCC(N)C1. The summed E-state index contributed by atoms with van der Waals surface area (Å²) in [6.07, 6.45) is 9.65. The summed E-state index contributed by atoms with van der Waals surface area (Å²) < 4.78 is 0. The van der Waals surface area contributed by atoms with E-state index in [0.29, 0.717) is 5.91 Å². The number of nitrogens with zero attached hydrogens (tertiary/aromatic N) is 1. The van der Waals surface area contributed by atoms with Gasteiger partial charge in [-0.05, 0) is 31.6 Å². The van der Waals surface area contributed by atoms with Gasteiger partial charge in [0.15, 0.2) is 0 Å². The van der Waals surface area contributed by atoms with Gasteiger partial charge in [-0.3, -0.25) is 4.79 Å². The van der Waals surface area contributed by atoms with Crippen molar-refractivity contribution in [3.05, 3.63) is 0 Å². The molecule has 2 unspecified atom stereocenters. The summed E-state index contributed by atoms with van der Waals surface area (Å²) in [5.74, 6) is 1.43. The number of likely N-dealkylation sites (tertiary alicyclic amines) is 1. The van der Waals surface area contributed by atoms with E-state index >= 15 is 0 Å². The molecule has 18 heavy (non-hydrogen) atoms. The van der Waals surface area contributed by atoms with Crippen molar-refractivity contribution in [3.8, 4) is 0 Å². The highest BCUT2D eigenvalue weighted by molar-refractivity contribution is 5.79. The van der Waals surface area contributed by atoms with Gasteiger partial charge in [0.05, 0.1) is 0 Å². The summed E-state index contributed by atoms with van der Waals surface area (Å²) in [4.78, 5) is 14.6. The van der Waals surface area contributed by atoms with Crippen LogP contribution >= 0.6 is 0 Å². The molecule has 104 valence electrons.